The highest BCUT2D eigenvalue weighted by Gasteiger charge is 2.42. The Bertz CT molecular complexity index is 715. The summed E-state index contributed by atoms with van der Waals surface area (Å²) >= 11 is 3.38. The molecule has 1 heterocycles. The van der Waals surface area contributed by atoms with E-state index in [0.717, 1.165) is 23.1 Å². The van der Waals surface area contributed by atoms with Crippen LogP contribution in [0.4, 0.5) is 0 Å². The van der Waals surface area contributed by atoms with Gasteiger partial charge in [-0.3, -0.25) is 4.79 Å². The molecule has 1 unspecified atom stereocenters. The summed E-state index contributed by atoms with van der Waals surface area (Å²) in [5, 5.41) is 3.01. The molecule has 1 aromatic heterocycles. The molecule has 5 nitrogen and oxygen atoms in total. The second kappa shape index (κ2) is 8.25. The van der Waals surface area contributed by atoms with Crippen LogP contribution in [0.25, 0.3) is 0 Å². The van der Waals surface area contributed by atoms with E-state index in [0.29, 0.717) is 18.2 Å². The fourth-order valence-corrected chi connectivity index (χ4v) is 2.89. The molecule has 0 aliphatic heterocycles. The minimum absolute atomic E-state index is 0. The summed E-state index contributed by atoms with van der Waals surface area (Å²) in [7, 11) is 0. The third-order valence-corrected chi connectivity index (χ3v) is 4.91. The monoisotopic (exact) mass is 428 g/mol. The summed E-state index contributed by atoms with van der Waals surface area (Å²) in [5.41, 5.74) is 5.47. The van der Waals surface area contributed by atoms with E-state index < -0.39 is 0 Å². The lowest BCUT2D eigenvalue weighted by Crippen LogP contribution is -2.53. The first-order valence-corrected chi connectivity index (χ1v) is 8.79. The molecule has 25 heavy (non-hydrogen) atoms. The van der Waals surface area contributed by atoms with Crippen molar-refractivity contribution in [2.75, 3.05) is 6.54 Å². The van der Waals surface area contributed by atoms with Gasteiger partial charge in [-0.2, -0.15) is 0 Å². The molecule has 1 aromatic carbocycles. The van der Waals surface area contributed by atoms with Crippen LogP contribution in [0.2, 0.25) is 0 Å². The van der Waals surface area contributed by atoms with Gasteiger partial charge >= 0.3 is 0 Å². The first-order chi connectivity index (χ1) is 11.5. The van der Waals surface area contributed by atoms with Gasteiger partial charge in [-0.05, 0) is 62.1 Å². The van der Waals surface area contributed by atoms with Crippen LogP contribution in [0.15, 0.2) is 45.3 Å². The van der Waals surface area contributed by atoms with E-state index in [2.05, 4.69) is 21.2 Å². The minimum Gasteiger partial charge on any atom is -0.486 e. The predicted molar refractivity (Wildman–Crippen MR) is 102 cm³/mol. The summed E-state index contributed by atoms with van der Waals surface area (Å²) < 4.78 is 12.2. The third-order valence-electron chi connectivity index (χ3n) is 4.38. The Hall–Kier alpha value is -1.50. The molecular formula is C18H22BrClN2O3. The summed E-state index contributed by atoms with van der Waals surface area (Å²) in [4.78, 5) is 12.4. The van der Waals surface area contributed by atoms with Crippen molar-refractivity contribution < 1.29 is 13.9 Å². The van der Waals surface area contributed by atoms with Crippen molar-refractivity contribution in [3.63, 3.8) is 0 Å². The van der Waals surface area contributed by atoms with Crippen LogP contribution in [0.5, 0.6) is 5.75 Å². The molecule has 1 saturated carbocycles. The van der Waals surface area contributed by atoms with Crippen LogP contribution in [0, 0.1) is 5.92 Å². The molecule has 1 aliphatic rings. The van der Waals surface area contributed by atoms with Crippen LogP contribution in [0.3, 0.4) is 0 Å². The fraction of sp³-hybridized carbons (Fsp3) is 0.389. The van der Waals surface area contributed by atoms with Gasteiger partial charge in [0.2, 0.25) is 0 Å². The second-order valence-electron chi connectivity index (χ2n) is 6.36. The Morgan fingerprint density at radius 2 is 2.00 bits per heavy atom. The standard InChI is InChI=1S/C18H21BrN2O3.ClH/c1-18(11-20,12-2-3-12)21-17(22)16-9-8-15(24-16)10-23-14-6-4-13(19)5-7-14;/h4-9,12H,2-3,10-11,20H2,1H3,(H,21,22);1H. The van der Waals surface area contributed by atoms with Crippen molar-refractivity contribution in [2.45, 2.75) is 31.9 Å². The number of hydrogen-bond acceptors (Lipinski definition) is 4. The molecule has 136 valence electrons. The second-order valence-corrected chi connectivity index (χ2v) is 7.27. The molecule has 0 radical (unpaired) electrons. The van der Waals surface area contributed by atoms with Gasteiger partial charge in [0.1, 0.15) is 18.1 Å². The fourth-order valence-electron chi connectivity index (χ4n) is 2.62. The van der Waals surface area contributed by atoms with E-state index >= 15 is 0 Å². The number of halogens is 2. The molecule has 3 rings (SSSR count). The summed E-state index contributed by atoms with van der Waals surface area (Å²) in [6.07, 6.45) is 2.22. The van der Waals surface area contributed by atoms with Crippen LogP contribution in [-0.2, 0) is 6.61 Å². The van der Waals surface area contributed by atoms with E-state index in [1.54, 1.807) is 12.1 Å². The highest BCUT2D eigenvalue weighted by Crippen LogP contribution is 2.39. The molecule has 0 saturated heterocycles. The van der Waals surface area contributed by atoms with E-state index in [1.807, 2.05) is 31.2 Å². The Balaban J connectivity index is 0.00000225. The number of amides is 1. The zero-order chi connectivity index (χ0) is 17.2. The summed E-state index contributed by atoms with van der Waals surface area (Å²) in [6, 6.07) is 11.0. The first-order valence-electron chi connectivity index (χ1n) is 8.00. The van der Waals surface area contributed by atoms with Gasteiger partial charge in [0.05, 0.1) is 5.54 Å². The number of carbonyl (C=O) groups excluding carboxylic acids is 1. The Labute approximate surface area is 161 Å². The first kappa shape index (κ1) is 19.8. The van der Waals surface area contributed by atoms with Gasteiger partial charge in [0, 0.05) is 11.0 Å². The smallest absolute Gasteiger partial charge is 0.287 e. The molecule has 2 aromatic rings. The van der Waals surface area contributed by atoms with E-state index in [1.165, 1.54) is 0 Å². The highest BCUT2D eigenvalue weighted by atomic mass is 79.9. The number of hydrogen-bond donors (Lipinski definition) is 2. The zero-order valence-corrected chi connectivity index (χ0v) is 16.4. The number of carbonyl (C=O) groups is 1. The number of nitrogens with two attached hydrogens (primary N) is 1. The Kier molecular flexibility index (Phi) is 6.54. The Morgan fingerprint density at radius 3 is 2.60 bits per heavy atom. The largest absolute Gasteiger partial charge is 0.486 e. The molecule has 1 fully saturated rings. The van der Waals surface area contributed by atoms with Crippen molar-refractivity contribution in [3.8, 4) is 5.75 Å². The predicted octanol–water partition coefficient (Wildman–Crippen LogP) is 3.90. The van der Waals surface area contributed by atoms with Crippen molar-refractivity contribution >= 4 is 34.2 Å². The molecular weight excluding hydrogens is 408 g/mol. The maximum Gasteiger partial charge on any atom is 0.287 e. The lowest BCUT2D eigenvalue weighted by atomic mass is 9.96. The maximum absolute atomic E-state index is 12.4. The number of furan rings is 1. The quantitative estimate of drug-likeness (QED) is 0.700. The van der Waals surface area contributed by atoms with Crippen molar-refractivity contribution in [1.29, 1.82) is 0 Å². The van der Waals surface area contributed by atoms with Crippen LogP contribution in [-0.4, -0.2) is 18.0 Å². The average molecular weight is 430 g/mol. The van der Waals surface area contributed by atoms with Gasteiger partial charge in [-0.15, -0.1) is 12.4 Å². The Morgan fingerprint density at radius 1 is 1.32 bits per heavy atom. The normalized spacial score (nSPS) is 15.8. The van der Waals surface area contributed by atoms with E-state index in [9.17, 15) is 4.79 Å². The number of rotatable bonds is 7. The van der Waals surface area contributed by atoms with Crippen LogP contribution >= 0.6 is 28.3 Å². The maximum atomic E-state index is 12.4. The zero-order valence-electron chi connectivity index (χ0n) is 14.0. The van der Waals surface area contributed by atoms with Gasteiger partial charge in [-0.1, -0.05) is 15.9 Å². The number of ether oxygens (including phenoxy) is 1. The van der Waals surface area contributed by atoms with E-state index in [4.69, 9.17) is 14.9 Å². The van der Waals surface area contributed by atoms with Crippen molar-refractivity contribution in [1.82, 2.24) is 5.32 Å². The highest BCUT2D eigenvalue weighted by molar-refractivity contribution is 9.10. The average Bonchev–Trinajstić information content (AvgIpc) is 3.33. The molecule has 3 N–H and O–H groups in total. The lowest BCUT2D eigenvalue weighted by Gasteiger charge is -2.28. The van der Waals surface area contributed by atoms with Gasteiger partial charge in [-0.25, -0.2) is 0 Å². The van der Waals surface area contributed by atoms with Gasteiger partial charge < -0.3 is 20.2 Å². The number of benzene rings is 1. The van der Waals surface area contributed by atoms with Crippen molar-refractivity contribution in [3.05, 3.63) is 52.4 Å². The third kappa shape index (κ3) is 5.00. The summed E-state index contributed by atoms with van der Waals surface area (Å²) in [5.74, 6) is 1.85. The minimum atomic E-state index is -0.363. The summed E-state index contributed by atoms with van der Waals surface area (Å²) in [6.45, 7) is 2.68. The molecule has 7 heteroatoms. The van der Waals surface area contributed by atoms with Crippen molar-refractivity contribution in [2.24, 2.45) is 11.7 Å². The topological polar surface area (TPSA) is 77.5 Å². The van der Waals surface area contributed by atoms with E-state index in [-0.39, 0.29) is 36.2 Å². The molecule has 0 spiro atoms. The molecule has 1 amide bonds. The molecule has 1 aliphatic carbocycles. The number of nitrogens with one attached hydrogen (secondary N) is 1. The van der Waals surface area contributed by atoms with Gasteiger partial charge in [0.15, 0.2) is 5.76 Å². The lowest BCUT2D eigenvalue weighted by molar-refractivity contribution is 0.0865. The molecule has 1 atom stereocenters. The SMILES string of the molecule is CC(CN)(NC(=O)c1ccc(COc2ccc(Br)cc2)o1)C1CC1.Cl. The van der Waals surface area contributed by atoms with Crippen LogP contribution in [0.1, 0.15) is 36.1 Å². The van der Waals surface area contributed by atoms with Crippen LogP contribution < -0.4 is 15.8 Å². The molecule has 0 bridgehead atoms. The van der Waals surface area contributed by atoms with Gasteiger partial charge in [0.25, 0.3) is 5.91 Å².